The number of rotatable bonds is 4. The third-order valence-corrected chi connectivity index (χ3v) is 6.02. The average Bonchev–Trinajstić information content (AvgIpc) is 2.83. The van der Waals surface area contributed by atoms with Gasteiger partial charge in [-0.25, -0.2) is 13.4 Å². The van der Waals surface area contributed by atoms with Gasteiger partial charge in [0.25, 0.3) is 10.0 Å². The van der Waals surface area contributed by atoms with E-state index in [9.17, 15) is 8.42 Å². The second-order valence-electron chi connectivity index (χ2n) is 4.01. The lowest BCUT2D eigenvalue weighted by atomic mass is 10.3. The molecule has 0 saturated carbocycles. The number of pyridine rings is 1. The van der Waals surface area contributed by atoms with Gasteiger partial charge in [-0.3, -0.25) is 4.72 Å². The number of anilines is 1. The van der Waals surface area contributed by atoms with Crippen LogP contribution in [0.4, 0.5) is 5.69 Å². The Kier molecular flexibility index (Phi) is 4.13. The van der Waals surface area contributed by atoms with Crippen LogP contribution in [0.15, 0.2) is 28.6 Å². The van der Waals surface area contributed by atoms with Gasteiger partial charge in [0.15, 0.2) is 0 Å². The number of nitrogens with zero attached hydrogens (tertiary/aromatic N) is 1. The summed E-state index contributed by atoms with van der Waals surface area (Å²) in [5.41, 5.74) is 1.13. The summed E-state index contributed by atoms with van der Waals surface area (Å²) < 4.78 is 27.1. The Morgan fingerprint density at radius 3 is 2.74 bits per heavy atom. The predicted octanol–water partition coefficient (Wildman–Crippen LogP) is 3.47. The van der Waals surface area contributed by atoms with Crippen molar-refractivity contribution < 1.29 is 8.42 Å². The van der Waals surface area contributed by atoms with Crippen LogP contribution in [0.1, 0.15) is 17.4 Å². The number of aromatic nitrogens is 1. The first-order chi connectivity index (χ1) is 8.92. The zero-order valence-corrected chi connectivity index (χ0v) is 12.9. The molecule has 1 N–H and O–H groups in total. The molecule has 0 amide bonds. The molecular formula is C12H13ClN2O2S2. The fourth-order valence-corrected chi connectivity index (χ4v) is 3.94. The summed E-state index contributed by atoms with van der Waals surface area (Å²) in [4.78, 5) is 4.95. The molecule has 0 atom stereocenters. The second-order valence-corrected chi connectivity index (χ2v) is 7.45. The topological polar surface area (TPSA) is 59.1 Å². The third-order valence-electron chi connectivity index (χ3n) is 2.52. The summed E-state index contributed by atoms with van der Waals surface area (Å²) in [6.07, 6.45) is 2.23. The van der Waals surface area contributed by atoms with E-state index in [0.29, 0.717) is 15.0 Å². The fraction of sp³-hybridized carbons (Fsp3) is 0.250. The molecule has 0 aliphatic heterocycles. The molecule has 0 spiro atoms. The molecule has 0 bridgehead atoms. The number of hydrogen-bond donors (Lipinski definition) is 1. The molecule has 0 saturated heterocycles. The molecule has 0 aliphatic rings. The first-order valence-corrected chi connectivity index (χ1v) is 8.34. The number of thiophene rings is 1. The van der Waals surface area contributed by atoms with Gasteiger partial charge in [-0.05, 0) is 37.1 Å². The minimum absolute atomic E-state index is 0.303. The maximum atomic E-state index is 12.2. The van der Waals surface area contributed by atoms with Crippen LogP contribution in [0.2, 0.25) is 5.15 Å². The van der Waals surface area contributed by atoms with Crippen LogP contribution in [-0.4, -0.2) is 13.4 Å². The zero-order valence-electron chi connectivity index (χ0n) is 10.5. The molecule has 0 fully saturated rings. The summed E-state index contributed by atoms with van der Waals surface area (Å²) >= 11 is 7.07. The summed E-state index contributed by atoms with van der Waals surface area (Å²) in [7, 11) is -3.55. The van der Waals surface area contributed by atoms with Crippen molar-refractivity contribution in [1.29, 1.82) is 0 Å². The van der Waals surface area contributed by atoms with Crippen LogP contribution in [0.5, 0.6) is 0 Å². The van der Waals surface area contributed by atoms with Gasteiger partial charge in [-0.15, -0.1) is 11.3 Å². The average molecular weight is 317 g/mol. The van der Waals surface area contributed by atoms with Gasteiger partial charge in [0.2, 0.25) is 0 Å². The first kappa shape index (κ1) is 14.3. The molecule has 2 heterocycles. The van der Waals surface area contributed by atoms with E-state index >= 15 is 0 Å². The number of sulfonamides is 1. The Labute approximate surface area is 121 Å². The minimum Gasteiger partial charge on any atom is -0.277 e. The van der Waals surface area contributed by atoms with Crippen molar-refractivity contribution in [2.75, 3.05) is 4.72 Å². The van der Waals surface area contributed by atoms with Crippen molar-refractivity contribution >= 4 is 38.6 Å². The summed E-state index contributed by atoms with van der Waals surface area (Å²) in [5, 5.41) is 0.368. The van der Waals surface area contributed by atoms with E-state index in [-0.39, 0.29) is 0 Å². The van der Waals surface area contributed by atoms with Gasteiger partial charge in [-0.2, -0.15) is 0 Å². The molecule has 19 heavy (non-hydrogen) atoms. The molecular weight excluding hydrogens is 304 g/mol. The van der Waals surface area contributed by atoms with Crippen LogP contribution in [0.25, 0.3) is 0 Å². The van der Waals surface area contributed by atoms with Crippen LogP contribution < -0.4 is 4.72 Å². The molecule has 0 aromatic carbocycles. The Morgan fingerprint density at radius 1 is 1.42 bits per heavy atom. The highest BCUT2D eigenvalue weighted by Gasteiger charge is 2.17. The van der Waals surface area contributed by atoms with Crippen LogP contribution in [0.3, 0.4) is 0 Å². The molecule has 2 aromatic rings. The molecule has 2 aromatic heterocycles. The van der Waals surface area contributed by atoms with Crippen LogP contribution >= 0.6 is 22.9 Å². The molecule has 0 unspecified atom stereocenters. The Morgan fingerprint density at radius 2 is 2.16 bits per heavy atom. The van der Waals surface area contributed by atoms with Crippen molar-refractivity contribution in [1.82, 2.24) is 4.98 Å². The van der Waals surface area contributed by atoms with Crippen molar-refractivity contribution in [2.24, 2.45) is 0 Å². The number of halogens is 1. The maximum Gasteiger partial charge on any atom is 0.271 e. The van der Waals surface area contributed by atoms with Crippen molar-refractivity contribution in [3.63, 3.8) is 0 Å². The fourth-order valence-electron chi connectivity index (χ4n) is 1.51. The SMILES string of the molecule is CCc1ccc(S(=O)(=O)Nc2cnc(Cl)c(C)c2)s1. The monoisotopic (exact) mass is 316 g/mol. The van der Waals surface area contributed by atoms with Gasteiger partial charge in [0, 0.05) is 4.88 Å². The smallest absolute Gasteiger partial charge is 0.271 e. The van der Waals surface area contributed by atoms with Gasteiger partial charge >= 0.3 is 0 Å². The highest BCUT2D eigenvalue weighted by molar-refractivity contribution is 7.94. The highest BCUT2D eigenvalue weighted by atomic mass is 35.5. The molecule has 4 nitrogen and oxygen atoms in total. The van der Waals surface area contributed by atoms with Gasteiger partial charge < -0.3 is 0 Å². The van der Waals surface area contributed by atoms with Crippen molar-refractivity contribution in [3.05, 3.63) is 40.0 Å². The largest absolute Gasteiger partial charge is 0.277 e. The standard InChI is InChI=1S/C12H13ClN2O2S2/c1-3-10-4-5-11(18-10)19(16,17)15-9-6-8(2)12(13)14-7-9/h4-7,15H,3H2,1-2H3. The van der Waals surface area contributed by atoms with Gasteiger partial charge in [-0.1, -0.05) is 18.5 Å². The molecule has 2 rings (SSSR count). The Balaban J connectivity index is 2.28. The van der Waals surface area contributed by atoms with Crippen molar-refractivity contribution in [3.8, 4) is 0 Å². The summed E-state index contributed by atoms with van der Waals surface area (Å²) in [6, 6.07) is 5.09. The normalized spacial score (nSPS) is 11.5. The third kappa shape index (κ3) is 3.26. The minimum atomic E-state index is -3.55. The van der Waals surface area contributed by atoms with E-state index in [1.165, 1.54) is 17.5 Å². The first-order valence-electron chi connectivity index (χ1n) is 5.66. The van der Waals surface area contributed by atoms with Gasteiger partial charge in [0.05, 0.1) is 11.9 Å². The van der Waals surface area contributed by atoms with E-state index in [1.54, 1.807) is 19.1 Å². The van der Waals surface area contributed by atoms with E-state index in [2.05, 4.69) is 9.71 Å². The number of hydrogen-bond acceptors (Lipinski definition) is 4. The van der Waals surface area contributed by atoms with Crippen LogP contribution in [-0.2, 0) is 16.4 Å². The molecule has 7 heteroatoms. The van der Waals surface area contributed by atoms with Gasteiger partial charge in [0.1, 0.15) is 9.36 Å². The maximum absolute atomic E-state index is 12.2. The lowest BCUT2D eigenvalue weighted by molar-refractivity contribution is 0.603. The van der Waals surface area contributed by atoms with E-state index in [0.717, 1.165) is 16.9 Å². The summed E-state index contributed by atoms with van der Waals surface area (Å²) in [5.74, 6) is 0. The number of aryl methyl sites for hydroxylation is 2. The summed E-state index contributed by atoms with van der Waals surface area (Å²) in [6.45, 7) is 3.76. The van der Waals surface area contributed by atoms with E-state index in [1.807, 2.05) is 13.0 Å². The van der Waals surface area contributed by atoms with Crippen LogP contribution in [0, 0.1) is 6.92 Å². The molecule has 102 valence electrons. The van der Waals surface area contributed by atoms with E-state index in [4.69, 9.17) is 11.6 Å². The lowest BCUT2D eigenvalue weighted by Crippen LogP contribution is -2.11. The quantitative estimate of drug-likeness (QED) is 0.879. The Hall–Kier alpha value is -1.11. The molecule has 0 aliphatic carbocycles. The lowest BCUT2D eigenvalue weighted by Gasteiger charge is -2.07. The highest BCUT2D eigenvalue weighted by Crippen LogP contribution is 2.25. The van der Waals surface area contributed by atoms with E-state index < -0.39 is 10.0 Å². The number of nitrogens with one attached hydrogen (secondary N) is 1. The molecule has 0 radical (unpaired) electrons. The predicted molar refractivity (Wildman–Crippen MR) is 78.5 cm³/mol. The second kappa shape index (κ2) is 5.48. The van der Waals surface area contributed by atoms with Crippen molar-refractivity contribution in [2.45, 2.75) is 24.5 Å². The Bertz CT molecular complexity index is 696. The zero-order chi connectivity index (χ0) is 14.0.